The molecule has 0 atom stereocenters. The number of primary amides is 1. The average molecular weight is 363 g/mol. The van der Waals surface area contributed by atoms with Crippen LogP contribution in [-0.2, 0) is 4.79 Å². The molecule has 0 bridgehead atoms. The Morgan fingerprint density at radius 3 is 2.77 bits per heavy atom. The number of hydrogen-bond donors (Lipinski definition) is 2. The number of aromatic amines is 1. The second kappa shape index (κ2) is 6.47. The van der Waals surface area contributed by atoms with E-state index in [0.717, 1.165) is 6.07 Å². The van der Waals surface area contributed by atoms with E-state index in [1.807, 2.05) is 0 Å². The maximum Gasteiger partial charge on any atom is 0.574 e. The first-order valence-electron chi connectivity index (χ1n) is 7.28. The Morgan fingerprint density at radius 2 is 2.08 bits per heavy atom. The largest absolute Gasteiger partial charge is 0.574 e. The van der Waals surface area contributed by atoms with E-state index in [1.54, 1.807) is 12.3 Å². The lowest BCUT2D eigenvalue weighted by molar-refractivity contribution is -0.276. The number of carbonyl (C=O) groups excluding carboxylic acids is 1. The predicted octanol–water partition coefficient (Wildman–Crippen LogP) is 2.73. The highest BCUT2D eigenvalue weighted by molar-refractivity contribution is 5.93. The van der Waals surface area contributed by atoms with E-state index in [9.17, 15) is 18.0 Å². The van der Waals surface area contributed by atoms with E-state index < -0.39 is 18.1 Å². The number of halogens is 3. The van der Waals surface area contributed by atoms with Crippen LogP contribution in [0.25, 0.3) is 28.5 Å². The maximum absolute atomic E-state index is 12.4. The van der Waals surface area contributed by atoms with Crippen LogP contribution >= 0.6 is 0 Å². The van der Waals surface area contributed by atoms with Gasteiger partial charge in [-0.05, 0) is 19.1 Å². The maximum atomic E-state index is 12.4. The van der Waals surface area contributed by atoms with Gasteiger partial charge in [0, 0.05) is 35.2 Å². The number of carbonyl (C=O) groups is 1. The zero-order chi connectivity index (χ0) is 18.9. The fourth-order valence-corrected chi connectivity index (χ4v) is 2.31. The molecular weight excluding hydrogens is 351 g/mol. The molecule has 26 heavy (non-hydrogen) atoms. The molecule has 1 amide bonds. The first-order valence-corrected chi connectivity index (χ1v) is 7.28. The molecule has 0 aliphatic carbocycles. The quantitative estimate of drug-likeness (QED) is 0.693. The van der Waals surface area contributed by atoms with Gasteiger partial charge in [0.05, 0.1) is 11.9 Å². The molecule has 0 unspecified atom stereocenters. The number of nitrogens with zero attached hydrogens (tertiary/aromatic N) is 3. The number of rotatable bonds is 4. The molecule has 7 nitrogen and oxygen atoms in total. The molecule has 0 saturated heterocycles. The van der Waals surface area contributed by atoms with E-state index in [2.05, 4.69) is 24.7 Å². The molecule has 10 heteroatoms. The lowest BCUT2D eigenvalue weighted by Crippen LogP contribution is -2.18. The number of ether oxygens (including phenoxy) is 1. The minimum absolute atomic E-state index is 0.323. The van der Waals surface area contributed by atoms with Crippen molar-refractivity contribution in [2.75, 3.05) is 0 Å². The summed E-state index contributed by atoms with van der Waals surface area (Å²) in [7, 11) is 0. The van der Waals surface area contributed by atoms with Crippen molar-refractivity contribution in [2.45, 2.75) is 13.3 Å². The molecule has 3 heterocycles. The highest BCUT2D eigenvalue weighted by atomic mass is 19.4. The number of nitrogens with one attached hydrogen (secondary N) is 1. The average Bonchev–Trinajstić information content (AvgIpc) is 2.92. The summed E-state index contributed by atoms with van der Waals surface area (Å²) in [5.41, 5.74) is 7.53. The third-order valence-corrected chi connectivity index (χ3v) is 3.28. The van der Waals surface area contributed by atoms with Crippen LogP contribution in [0.1, 0.15) is 11.3 Å². The fourth-order valence-electron chi connectivity index (χ4n) is 2.31. The van der Waals surface area contributed by atoms with Gasteiger partial charge in [0.2, 0.25) is 11.8 Å². The minimum atomic E-state index is -4.85. The zero-order valence-corrected chi connectivity index (χ0v) is 13.3. The van der Waals surface area contributed by atoms with Gasteiger partial charge in [-0.15, -0.1) is 13.2 Å². The van der Waals surface area contributed by atoms with Gasteiger partial charge in [-0.1, -0.05) is 0 Å². The van der Waals surface area contributed by atoms with Gasteiger partial charge >= 0.3 is 6.36 Å². The van der Waals surface area contributed by atoms with Gasteiger partial charge in [-0.25, -0.2) is 15.0 Å². The number of nitrogens with two attached hydrogens (primary N) is 1. The van der Waals surface area contributed by atoms with Crippen LogP contribution in [0.4, 0.5) is 13.2 Å². The summed E-state index contributed by atoms with van der Waals surface area (Å²) in [6.07, 6.45) is 0.788. The van der Waals surface area contributed by atoms with Gasteiger partial charge < -0.3 is 15.5 Å². The molecule has 0 radical (unpaired) electrons. The summed E-state index contributed by atoms with van der Waals surface area (Å²) in [5.74, 6) is -1.21. The lowest BCUT2D eigenvalue weighted by atomic mass is 10.1. The van der Waals surface area contributed by atoms with Gasteiger partial charge in [0.1, 0.15) is 5.52 Å². The number of alkyl halides is 3. The van der Waals surface area contributed by atoms with Crippen LogP contribution < -0.4 is 10.5 Å². The molecule has 3 aromatic rings. The second-order valence-corrected chi connectivity index (χ2v) is 5.32. The van der Waals surface area contributed by atoms with Crippen LogP contribution in [0.2, 0.25) is 0 Å². The highest BCUT2D eigenvalue weighted by Crippen LogP contribution is 2.27. The van der Waals surface area contributed by atoms with Crippen LogP contribution in [-0.4, -0.2) is 32.2 Å². The Morgan fingerprint density at radius 1 is 1.31 bits per heavy atom. The first kappa shape index (κ1) is 17.4. The van der Waals surface area contributed by atoms with Crippen LogP contribution in [0.5, 0.6) is 5.88 Å². The fraction of sp³-hybridized carbons (Fsp3) is 0.125. The molecule has 0 aromatic carbocycles. The standard InChI is InChI=1S/C16H12F3N5O2/c1-8-4-10(5-13(23-8)26-16(17,18)19)11-7-22-15-14(24-11)9(6-21-15)2-3-12(20)25/h2-7H,1H3,(H2,20,25)(H,21,22)/b3-2+. The summed E-state index contributed by atoms with van der Waals surface area (Å²) < 4.78 is 41.2. The topological polar surface area (TPSA) is 107 Å². The summed E-state index contributed by atoms with van der Waals surface area (Å²) in [6, 6.07) is 2.69. The molecule has 0 saturated carbocycles. The Bertz CT molecular complexity index is 1010. The van der Waals surface area contributed by atoms with Crippen molar-refractivity contribution in [3.8, 4) is 17.1 Å². The van der Waals surface area contributed by atoms with Crippen LogP contribution in [0, 0.1) is 6.92 Å². The van der Waals surface area contributed by atoms with Crippen molar-refractivity contribution in [3.05, 3.63) is 41.9 Å². The summed E-state index contributed by atoms with van der Waals surface area (Å²) in [4.78, 5) is 26.1. The molecular formula is C16H12F3N5O2. The number of aromatic nitrogens is 4. The SMILES string of the molecule is Cc1cc(-c2cnc3[nH]cc(/C=C/C(N)=O)c3n2)cc(OC(F)(F)F)n1. The number of H-pyrrole nitrogens is 1. The number of pyridine rings is 1. The Kier molecular flexibility index (Phi) is 4.33. The van der Waals surface area contributed by atoms with E-state index in [1.165, 1.54) is 25.3 Å². The Labute approximate surface area is 144 Å². The summed E-state index contributed by atoms with van der Waals surface area (Å²) in [6.45, 7) is 1.54. The monoisotopic (exact) mass is 363 g/mol. The Hall–Kier alpha value is -3.43. The number of aryl methyl sites for hydroxylation is 1. The van der Waals surface area contributed by atoms with E-state index in [-0.39, 0.29) is 0 Å². The Balaban J connectivity index is 2.05. The number of fused-ring (bicyclic) bond motifs is 1. The molecule has 134 valence electrons. The smallest absolute Gasteiger partial charge is 0.388 e. The molecule has 0 aliphatic heterocycles. The molecule has 3 rings (SSSR count). The van der Waals surface area contributed by atoms with Gasteiger partial charge in [0.15, 0.2) is 5.65 Å². The molecule has 0 fully saturated rings. The first-order chi connectivity index (χ1) is 12.2. The van der Waals surface area contributed by atoms with E-state index in [0.29, 0.717) is 33.7 Å². The zero-order valence-electron chi connectivity index (χ0n) is 13.3. The summed E-state index contributed by atoms with van der Waals surface area (Å²) >= 11 is 0. The molecule has 0 aliphatic rings. The number of amides is 1. The van der Waals surface area contributed by atoms with E-state index in [4.69, 9.17) is 5.73 Å². The van der Waals surface area contributed by atoms with Crippen molar-refractivity contribution in [1.82, 2.24) is 19.9 Å². The minimum Gasteiger partial charge on any atom is -0.388 e. The van der Waals surface area contributed by atoms with Crippen molar-refractivity contribution >= 4 is 23.1 Å². The van der Waals surface area contributed by atoms with Crippen molar-refractivity contribution in [2.24, 2.45) is 5.73 Å². The third-order valence-electron chi connectivity index (χ3n) is 3.28. The molecule has 3 N–H and O–H groups in total. The normalized spacial score (nSPS) is 12.0. The van der Waals surface area contributed by atoms with Crippen molar-refractivity contribution < 1.29 is 22.7 Å². The van der Waals surface area contributed by atoms with Crippen molar-refractivity contribution in [1.29, 1.82) is 0 Å². The van der Waals surface area contributed by atoms with Gasteiger partial charge in [-0.3, -0.25) is 4.79 Å². The highest BCUT2D eigenvalue weighted by Gasteiger charge is 2.32. The van der Waals surface area contributed by atoms with Gasteiger partial charge in [0.25, 0.3) is 0 Å². The van der Waals surface area contributed by atoms with Crippen LogP contribution in [0.3, 0.4) is 0 Å². The lowest BCUT2D eigenvalue weighted by Gasteiger charge is -2.10. The number of hydrogen-bond acceptors (Lipinski definition) is 5. The predicted molar refractivity (Wildman–Crippen MR) is 86.8 cm³/mol. The van der Waals surface area contributed by atoms with E-state index >= 15 is 0 Å². The molecule has 3 aromatic heterocycles. The van der Waals surface area contributed by atoms with Gasteiger partial charge in [-0.2, -0.15) is 0 Å². The summed E-state index contributed by atoms with van der Waals surface area (Å²) in [5, 5.41) is 0. The molecule has 0 spiro atoms. The van der Waals surface area contributed by atoms with Crippen molar-refractivity contribution in [3.63, 3.8) is 0 Å². The third kappa shape index (κ3) is 3.97. The van der Waals surface area contributed by atoms with Crippen LogP contribution in [0.15, 0.2) is 30.6 Å². The second-order valence-electron chi connectivity index (χ2n) is 5.32.